The van der Waals surface area contributed by atoms with Crippen LogP contribution < -0.4 is 5.32 Å². The van der Waals surface area contributed by atoms with Crippen LogP contribution in [0, 0.1) is 5.92 Å². The molecule has 5 heteroatoms. The van der Waals surface area contributed by atoms with E-state index in [0.717, 1.165) is 24.0 Å². The van der Waals surface area contributed by atoms with Crippen LogP contribution in [0.15, 0.2) is 43.0 Å². The molecule has 0 bridgehead atoms. The molecule has 1 aliphatic carbocycles. The molecule has 0 spiro atoms. The molecule has 1 amide bonds. The van der Waals surface area contributed by atoms with Crippen LogP contribution in [0.3, 0.4) is 0 Å². The average Bonchev–Trinajstić information content (AvgIpc) is 2.46. The number of carbonyl (C=O) groups is 1. The molecular formula is C17H18ClN3O. The van der Waals surface area contributed by atoms with Gasteiger partial charge in [0.15, 0.2) is 0 Å². The van der Waals surface area contributed by atoms with Crippen molar-refractivity contribution in [2.45, 2.75) is 31.7 Å². The molecular weight excluding hydrogens is 298 g/mol. The molecule has 1 aliphatic rings. The molecule has 0 radical (unpaired) electrons. The highest BCUT2D eigenvalue weighted by molar-refractivity contribution is 6.30. The predicted molar refractivity (Wildman–Crippen MR) is 85.4 cm³/mol. The predicted octanol–water partition coefficient (Wildman–Crippen LogP) is 3.33. The summed E-state index contributed by atoms with van der Waals surface area (Å²) in [5, 5.41) is 3.88. The van der Waals surface area contributed by atoms with Crippen molar-refractivity contribution in [1.82, 2.24) is 15.3 Å². The molecule has 22 heavy (non-hydrogen) atoms. The maximum Gasteiger partial charge on any atom is 0.225 e. The number of carbonyl (C=O) groups excluding carboxylic acids is 1. The normalized spacial score (nSPS) is 15.9. The molecule has 114 valence electrons. The van der Waals surface area contributed by atoms with Crippen LogP contribution in [-0.4, -0.2) is 15.9 Å². The number of halogens is 1. The van der Waals surface area contributed by atoms with Crippen LogP contribution in [0.2, 0.25) is 5.02 Å². The van der Waals surface area contributed by atoms with Crippen LogP contribution in [0.4, 0.5) is 0 Å². The molecule has 1 saturated carbocycles. The third kappa shape index (κ3) is 3.63. The van der Waals surface area contributed by atoms with Gasteiger partial charge in [0.05, 0.1) is 12.5 Å². The fraction of sp³-hybridized carbons (Fsp3) is 0.353. The fourth-order valence-electron chi connectivity index (χ4n) is 2.75. The smallest absolute Gasteiger partial charge is 0.225 e. The van der Waals surface area contributed by atoms with E-state index in [1.807, 2.05) is 24.3 Å². The van der Waals surface area contributed by atoms with E-state index in [1.165, 1.54) is 12.7 Å². The Morgan fingerprint density at radius 1 is 1.23 bits per heavy atom. The summed E-state index contributed by atoms with van der Waals surface area (Å²) in [5.74, 6) is 0.513. The number of amides is 1. The van der Waals surface area contributed by atoms with Crippen molar-refractivity contribution in [3.05, 3.63) is 59.1 Å². The summed E-state index contributed by atoms with van der Waals surface area (Å²) in [5.41, 5.74) is 1.94. The van der Waals surface area contributed by atoms with Crippen LogP contribution in [0.1, 0.15) is 36.4 Å². The number of aromatic nitrogens is 2. The summed E-state index contributed by atoms with van der Waals surface area (Å²) < 4.78 is 0. The number of hydrogen-bond acceptors (Lipinski definition) is 3. The van der Waals surface area contributed by atoms with Crippen LogP contribution in [0.5, 0.6) is 0 Å². The van der Waals surface area contributed by atoms with Crippen LogP contribution in [0.25, 0.3) is 0 Å². The lowest BCUT2D eigenvalue weighted by Crippen LogP contribution is -2.37. The van der Waals surface area contributed by atoms with E-state index in [9.17, 15) is 4.79 Å². The second-order valence-electron chi connectivity index (χ2n) is 5.71. The zero-order valence-electron chi connectivity index (χ0n) is 12.2. The van der Waals surface area contributed by atoms with Gasteiger partial charge >= 0.3 is 0 Å². The van der Waals surface area contributed by atoms with E-state index in [-0.39, 0.29) is 11.9 Å². The van der Waals surface area contributed by atoms with E-state index in [2.05, 4.69) is 15.3 Å². The Bertz CT molecular complexity index is 626. The molecule has 3 rings (SSSR count). The first-order valence-electron chi connectivity index (χ1n) is 7.51. The number of rotatable bonds is 5. The maximum atomic E-state index is 12.3. The molecule has 1 unspecified atom stereocenters. The van der Waals surface area contributed by atoms with Crippen molar-refractivity contribution in [2.75, 3.05) is 0 Å². The van der Waals surface area contributed by atoms with Gasteiger partial charge in [0.25, 0.3) is 0 Å². The van der Waals surface area contributed by atoms with Gasteiger partial charge in [-0.1, -0.05) is 30.2 Å². The Hall–Kier alpha value is -1.94. The van der Waals surface area contributed by atoms with Gasteiger partial charge in [-0.3, -0.25) is 4.79 Å². The summed E-state index contributed by atoms with van der Waals surface area (Å²) in [6.07, 6.45) is 8.66. The maximum absolute atomic E-state index is 12.3. The molecule has 2 aromatic rings. The SMILES string of the molecule is O=C(Cc1cncnc1)NC(c1ccc(Cl)cc1)C1CCC1. The average molecular weight is 316 g/mol. The van der Waals surface area contributed by atoms with Gasteiger partial charge in [-0.2, -0.15) is 0 Å². The summed E-state index contributed by atoms with van der Waals surface area (Å²) in [7, 11) is 0. The van der Waals surface area contributed by atoms with Crippen LogP contribution >= 0.6 is 11.6 Å². The lowest BCUT2D eigenvalue weighted by molar-refractivity contribution is -0.121. The Morgan fingerprint density at radius 3 is 2.50 bits per heavy atom. The highest BCUT2D eigenvalue weighted by Gasteiger charge is 2.29. The minimum Gasteiger partial charge on any atom is -0.349 e. The molecule has 1 atom stereocenters. The first-order chi connectivity index (χ1) is 10.7. The third-order valence-corrected chi connectivity index (χ3v) is 4.40. The van der Waals surface area contributed by atoms with Crippen molar-refractivity contribution in [2.24, 2.45) is 5.92 Å². The highest BCUT2D eigenvalue weighted by Crippen LogP contribution is 2.38. The Morgan fingerprint density at radius 2 is 1.91 bits per heavy atom. The zero-order chi connectivity index (χ0) is 15.4. The molecule has 1 fully saturated rings. The number of benzene rings is 1. The van der Waals surface area contributed by atoms with E-state index in [1.54, 1.807) is 12.4 Å². The molecule has 0 aliphatic heterocycles. The van der Waals surface area contributed by atoms with E-state index >= 15 is 0 Å². The van der Waals surface area contributed by atoms with Gasteiger partial charge in [-0.15, -0.1) is 0 Å². The Balaban J connectivity index is 1.70. The lowest BCUT2D eigenvalue weighted by Gasteiger charge is -2.34. The summed E-state index contributed by atoms with van der Waals surface area (Å²) in [6.45, 7) is 0. The van der Waals surface area contributed by atoms with Gasteiger partial charge in [-0.05, 0) is 42.0 Å². The molecule has 1 aromatic heterocycles. The molecule has 1 aromatic carbocycles. The van der Waals surface area contributed by atoms with Gasteiger partial charge in [-0.25, -0.2) is 9.97 Å². The van der Waals surface area contributed by atoms with E-state index in [0.29, 0.717) is 17.4 Å². The topological polar surface area (TPSA) is 54.9 Å². The summed E-state index contributed by atoms with van der Waals surface area (Å²) in [4.78, 5) is 20.2. The first-order valence-corrected chi connectivity index (χ1v) is 7.89. The fourth-order valence-corrected chi connectivity index (χ4v) is 2.87. The lowest BCUT2D eigenvalue weighted by atomic mass is 9.77. The summed E-state index contributed by atoms with van der Waals surface area (Å²) in [6, 6.07) is 7.80. The number of nitrogens with zero attached hydrogens (tertiary/aromatic N) is 2. The quantitative estimate of drug-likeness (QED) is 0.920. The van der Waals surface area contributed by atoms with Gasteiger partial charge in [0, 0.05) is 17.4 Å². The van der Waals surface area contributed by atoms with Crippen molar-refractivity contribution in [3.8, 4) is 0 Å². The number of nitrogens with one attached hydrogen (secondary N) is 1. The largest absolute Gasteiger partial charge is 0.349 e. The molecule has 1 heterocycles. The second kappa shape index (κ2) is 6.88. The molecule has 0 saturated heterocycles. The van der Waals surface area contributed by atoms with E-state index < -0.39 is 0 Å². The minimum absolute atomic E-state index is 0.00153. The van der Waals surface area contributed by atoms with Gasteiger partial charge in [0.2, 0.25) is 5.91 Å². The molecule has 1 N–H and O–H groups in total. The zero-order valence-corrected chi connectivity index (χ0v) is 13.0. The minimum atomic E-state index is 0.00153. The van der Waals surface area contributed by atoms with Gasteiger partial charge in [0.1, 0.15) is 6.33 Å². The van der Waals surface area contributed by atoms with Crippen LogP contribution in [-0.2, 0) is 11.2 Å². The first kappa shape index (κ1) is 15.0. The van der Waals surface area contributed by atoms with Crippen molar-refractivity contribution in [1.29, 1.82) is 0 Å². The van der Waals surface area contributed by atoms with Gasteiger partial charge < -0.3 is 5.32 Å². The van der Waals surface area contributed by atoms with Crippen molar-refractivity contribution >= 4 is 17.5 Å². The number of hydrogen-bond donors (Lipinski definition) is 1. The van der Waals surface area contributed by atoms with E-state index in [4.69, 9.17) is 11.6 Å². The highest BCUT2D eigenvalue weighted by atomic mass is 35.5. The summed E-state index contributed by atoms with van der Waals surface area (Å²) >= 11 is 5.96. The van der Waals surface area contributed by atoms with Crippen molar-refractivity contribution < 1.29 is 4.79 Å². The van der Waals surface area contributed by atoms with Crippen molar-refractivity contribution in [3.63, 3.8) is 0 Å². The monoisotopic (exact) mass is 315 g/mol. The molecule has 4 nitrogen and oxygen atoms in total. The Kier molecular flexibility index (Phi) is 4.68. The standard InChI is InChI=1S/C17H18ClN3O/c18-15-6-4-14(5-7-15)17(13-2-1-3-13)21-16(22)8-12-9-19-11-20-10-12/h4-7,9-11,13,17H,1-3,8H2,(H,21,22). The Labute approximate surface area is 134 Å². The second-order valence-corrected chi connectivity index (χ2v) is 6.15. The third-order valence-electron chi connectivity index (χ3n) is 4.15.